The number of nitrogens with one attached hydrogen (secondary N) is 1. The molecule has 6 nitrogen and oxygen atoms in total. The zero-order valence-corrected chi connectivity index (χ0v) is 11.6. The Balaban J connectivity index is 2.39. The molecule has 2 atom stereocenters. The molecule has 0 spiro atoms. The van der Waals surface area contributed by atoms with Crippen LogP contribution in [0.15, 0.2) is 5.10 Å². The van der Waals surface area contributed by atoms with E-state index in [4.69, 9.17) is 10.5 Å². The molecular weight excluding hydrogens is 246 g/mol. The predicted octanol–water partition coefficient (Wildman–Crippen LogP) is 1.93. The molecule has 3 N–H and O–H groups in total. The molecule has 1 aliphatic heterocycles. The van der Waals surface area contributed by atoms with E-state index in [9.17, 15) is 9.59 Å². The van der Waals surface area contributed by atoms with Crippen molar-refractivity contribution >= 4 is 17.7 Å². The van der Waals surface area contributed by atoms with Crippen molar-refractivity contribution in [2.45, 2.75) is 58.5 Å². The highest BCUT2D eigenvalue weighted by Crippen LogP contribution is 2.27. The highest BCUT2D eigenvalue weighted by molar-refractivity contribution is 5.91. The minimum Gasteiger partial charge on any atom is -0.456 e. The van der Waals surface area contributed by atoms with Gasteiger partial charge in [-0.05, 0) is 13.3 Å². The van der Waals surface area contributed by atoms with Gasteiger partial charge in [0.1, 0.15) is 6.10 Å². The lowest BCUT2D eigenvalue weighted by atomic mass is 9.96. The first-order chi connectivity index (χ1) is 9.04. The van der Waals surface area contributed by atoms with E-state index in [0.717, 1.165) is 19.3 Å². The van der Waals surface area contributed by atoms with Crippen LogP contribution in [0.1, 0.15) is 52.4 Å². The van der Waals surface area contributed by atoms with Gasteiger partial charge in [-0.15, -0.1) is 0 Å². The average molecular weight is 269 g/mol. The Bertz CT molecular complexity index is 355. The molecule has 2 amide bonds. The molecule has 0 aromatic heterocycles. The SMILES string of the molecule is CCCCCC[C@H]1C[C@H](/C(C)=N\NC(N)=O)OC1=O. The predicted molar refractivity (Wildman–Crippen MR) is 72.6 cm³/mol. The summed E-state index contributed by atoms with van der Waals surface area (Å²) in [4.78, 5) is 22.2. The van der Waals surface area contributed by atoms with Crippen molar-refractivity contribution < 1.29 is 14.3 Å². The molecule has 1 aliphatic rings. The first-order valence-corrected chi connectivity index (χ1v) is 6.84. The summed E-state index contributed by atoms with van der Waals surface area (Å²) in [5.74, 6) is -0.198. The van der Waals surface area contributed by atoms with Gasteiger partial charge in [0.15, 0.2) is 0 Å². The van der Waals surface area contributed by atoms with Crippen LogP contribution in [-0.2, 0) is 9.53 Å². The van der Waals surface area contributed by atoms with E-state index in [0.29, 0.717) is 12.1 Å². The van der Waals surface area contributed by atoms with Crippen molar-refractivity contribution in [2.24, 2.45) is 16.8 Å². The molecule has 0 unspecified atom stereocenters. The number of cyclic esters (lactones) is 1. The zero-order chi connectivity index (χ0) is 14.3. The number of carbonyl (C=O) groups excluding carboxylic acids is 2. The van der Waals surface area contributed by atoms with Crippen LogP contribution in [0.4, 0.5) is 4.79 Å². The van der Waals surface area contributed by atoms with Crippen molar-refractivity contribution in [1.82, 2.24) is 5.43 Å². The Morgan fingerprint density at radius 3 is 2.84 bits per heavy atom. The molecule has 6 heteroatoms. The fourth-order valence-electron chi connectivity index (χ4n) is 2.16. The number of rotatable bonds is 7. The van der Waals surface area contributed by atoms with Crippen LogP contribution < -0.4 is 11.2 Å². The van der Waals surface area contributed by atoms with Crippen molar-refractivity contribution in [1.29, 1.82) is 0 Å². The second-order valence-electron chi connectivity index (χ2n) is 4.94. The Morgan fingerprint density at radius 1 is 1.47 bits per heavy atom. The van der Waals surface area contributed by atoms with Gasteiger partial charge in [-0.2, -0.15) is 5.10 Å². The third-order valence-electron chi connectivity index (χ3n) is 3.30. The average Bonchev–Trinajstić information content (AvgIpc) is 2.73. The lowest BCUT2D eigenvalue weighted by Gasteiger charge is -2.07. The Labute approximate surface area is 113 Å². The number of unbranched alkanes of at least 4 members (excludes halogenated alkanes) is 3. The summed E-state index contributed by atoms with van der Waals surface area (Å²) in [6.07, 6.45) is 5.76. The lowest BCUT2D eigenvalue weighted by molar-refractivity contribution is -0.142. The highest BCUT2D eigenvalue weighted by atomic mass is 16.6. The number of ether oxygens (including phenoxy) is 1. The summed E-state index contributed by atoms with van der Waals surface area (Å²) in [6, 6.07) is -0.722. The molecule has 0 radical (unpaired) electrons. The summed E-state index contributed by atoms with van der Waals surface area (Å²) < 4.78 is 5.26. The number of hydrazone groups is 1. The van der Waals surface area contributed by atoms with Crippen LogP contribution in [-0.4, -0.2) is 23.8 Å². The second-order valence-corrected chi connectivity index (χ2v) is 4.94. The maximum absolute atomic E-state index is 11.7. The maximum Gasteiger partial charge on any atom is 0.332 e. The number of amides is 2. The third kappa shape index (κ3) is 5.28. The number of hydrogen-bond donors (Lipinski definition) is 2. The van der Waals surface area contributed by atoms with Crippen LogP contribution in [0, 0.1) is 5.92 Å². The third-order valence-corrected chi connectivity index (χ3v) is 3.30. The normalized spacial score (nSPS) is 23.3. The summed E-state index contributed by atoms with van der Waals surface area (Å²) in [7, 11) is 0. The number of urea groups is 1. The van der Waals surface area contributed by atoms with Gasteiger partial charge in [0, 0.05) is 6.42 Å². The first kappa shape index (κ1) is 15.5. The van der Waals surface area contributed by atoms with Gasteiger partial charge in [0.25, 0.3) is 0 Å². The molecule has 1 fully saturated rings. The molecule has 108 valence electrons. The molecule has 19 heavy (non-hydrogen) atoms. The van der Waals surface area contributed by atoms with Gasteiger partial charge in [-0.1, -0.05) is 32.6 Å². The van der Waals surface area contributed by atoms with Crippen LogP contribution in [0.5, 0.6) is 0 Å². The van der Waals surface area contributed by atoms with Crippen molar-refractivity contribution in [3.05, 3.63) is 0 Å². The molecule has 1 heterocycles. The van der Waals surface area contributed by atoms with Gasteiger partial charge in [0.05, 0.1) is 11.6 Å². The Kier molecular flexibility index (Phi) is 6.32. The van der Waals surface area contributed by atoms with Crippen LogP contribution >= 0.6 is 0 Å². The lowest BCUT2D eigenvalue weighted by Crippen LogP contribution is -2.28. The summed E-state index contributed by atoms with van der Waals surface area (Å²) in [5, 5.41) is 3.80. The molecule has 0 saturated carbocycles. The fraction of sp³-hybridized carbons (Fsp3) is 0.769. The largest absolute Gasteiger partial charge is 0.456 e. The summed E-state index contributed by atoms with van der Waals surface area (Å²) >= 11 is 0. The van der Waals surface area contributed by atoms with E-state index < -0.39 is 6.03 Å². The molecule has 0 bridgehead atoms. The van der Waals surface area contributed by atoms with Gasteiger partial charge >= 0.3 is 12.0 Å². The Morgan fingerprint density at radius 2 is 2.21 bits per heavy atom. The molecule has 0 aliphatic carbocycles. The van der Waals surface area contributed by atoms with Gasteiger partial charge in [0.2, 0.25) is 0 Å². The molecule has 1 saturated heterocycles. The van der Waals surface area contributed by atoms with Crippen LogP contribution in [0.3, 0.4) is 0 Å². The molecule has 1 rings (SSSR count). The van der Waals surface area contributed by atoms with E-state index in [1.165, 1.54) is 12.8 Å². The summed E-state index contributed by atoms with van der Waals surface area (Å²) in [6.45, 7) is 3.87. The van der Waals surface area contributed by atoms with E-state index >= 15 is 0 Å². The highest BCUT2D eigenvalue weighted by Gasteiger charge is 2.35. The quantitative estimate of drug-likeness (QED) is 0.320. The molecular formula is C13H23N3O3. The number of hydrogen-bond acceptors (Lipinski definition) is 4. The molecule has 0 aromatic rings. The standard InChI is InChI=1S/C13H23N3O3/c1-3-4-5-6-7-10-8-11(19-12(10)17)9(2)15-16-13(14)18/h10-11H,3-8H2,1-2H3,(H3,14,16,18)/b15-9-/t10-,11+/m0/s1. The van der Waals surface area contributed by atoms with Crippen LogP contribution in [0.25, 0.3) is 0 Å². The van der Waals surface area contributed by atoms with E-state index in [1.807, 2.05) is 0 Å². The first-order valence-electron chi connectivity index (χ1n) is 6.84. The number of nitrogens with zero attached hydrogens (tertiary/aromatic N) is 1. The Hall–Kier alpha value is -1.59. The van der Waals surface area contributed by atoms with Gasteiger partial charge in [-0.25, -0.2) is 10.2 Å². The number of esters is 1. The van der Waals surface area contributed by atoms with Crippen molar-refractivity contribution in [3.63, 3.8) is 0 Å². The minimum absolute atomic E-state index is 0.0411. The maximum atomic E-state index is 11.7. The van der Waals surface area contributed by atoms with Crippen molar-refractivity contribution in [2.75, 3.05) is 0 Å². The van der Waals surface area contributed by atoms with Gasteiger partial charge < -0.3 is 10.5 Å². The van der Waals surface area contributed by atoms with E-state index in [2.05, 4.69) is 17.5 Å². The van der Waals surface area contributed by atoms with E-state index in [-0.39, 0.29) is 18.0 Å². The summed E-state index contributed by atoms with van der Waals surface area (Å²) in [5.41, 5.74) is 7.64. The van der Waals surface area contributed by atoms with Gasteiger partial charge in [-0.3, -0.25) is 4.79 Å². The number of primary amides is 1. The number of nitrogens with two attached hydrogens (primary N) is 1. The zero-order valence-electron chi connectivity index (χ0n) is 11.6. The number of carbonyl (C=O) groups is 2. The fourth-order valence-corrected chi connectivity index (χ4v) is 2.16. The van der Waals surface area contributed by atoms with E-state index in [1.54, 1.807) is 6.92 Å². The van der Waals surface area contributed by atoms with Crippen LogP contribution in [0.2, 0.25) is 0 Å². The smallest absolute Gasteiger partial charge is 0.332 e. The topological polar surface area (TPSA) is 93.8 Å². The minimum atomic E-state index is -0.722. The monoisotopic (exact) mass is 269 g/mol. The van der Waals surface area contributed by atoms with Crippen molar-refractivity contribution in [3.8, 4) is 0 Å². The second kappa shape index (κ2) is 7.76. The molecule has 0 aromatic carbocycles.